The molecule has 0 saturated carbocycles. The molecule has 4 heterocycles. The summed E-state index contributed by atoms with van der Waals surface area (Å²) in [6.07, 6.45) is 17.2. The summed E-state index contributed by atoms with van der Waals surface area (Å²) in [5.41, 5.74) is 5.13. The van der Waals surface area contributed by atoms with Gasteiger partial charge in [0, 0.05) is 61.1 Å². The molecular formula is C27H34N6O2. The normalized spacial score (nSPS) is 26.4. The number of hydrogen-bond acceptors (Lipinski definition) is 7. The zero-order valence-corrected chi connectivity index (χ0v) is 20.7. The van der Waals surface area contributed by atoms with E-state index in [9.17, 15) is 4.79 Å². The van der Waals surface area contributed by atoms with Crippen LogP contribution in [-0.2, 0) is 4.74 Å². The first-order valence-corrected chi connectivity index (χ1v) is 12.4. The molecule has 8 heteroatoms. The summed E-state index contributed by atoms with van der Waals surface area (Å²) in [7, 11) is 0. The van der Waals surface area contributed by atoms with Gasteiger partial charge in [0.2, 0.25) is 5.82 Å². The fourth-order valence-corrected chi connectivity index (χ4v) is 5.07. The topological polar surface area (TPSA) is 91.4 Å². The van der Waals surface area contributed by atoms with Crippen LogP contribution in [0.1, 0.15) is 43.4 Å². The van der Waals surface area contributed by atoms with Crippen LogP contribution in [0.15, 0.2) is 65.9 Å². The van der Waals surface area contributed by atoms with Gasteiger partial charge in [-0.15, -0.1) is 0 Å². The first kappa shape index (κ1) is 23.4. The highest BCUT2D eigenvalue weighted by Crippen LogP contribution is 2.37. The van der Waals surface area contributed by atoms with E-state index in [1.54, 1.807) is 12.4 Å². The summed E-state index contributed by atoms with van der Waals surface area (Å²) in [6, 6.07) is 0. The highest BCUT2D eigenvalue weighted by molar-refractivity contribution is 5.91. The van der Waals surface area contributed by atoms with Crippen molar-refractivity contribution in [1.29, 1.82) is 0 Å². The summed E-state index contributed by atoms with van der Waals surface area (Å²) in [5.74, 6) is 0.710. The second-order valence-corrected chi connectivity index (χ2v) is 9.84. The molecule has 0 aromatic carbocycles. The number of carbonyl (C=O) groups is 1. The Bertz CT molecular complexity index is 1130. The average molecular weight is 475 g/mol. The number of rotatable bonds is 6. The van der Waals surface area contributed by atoms with E-state index in [0.29, 0.717) is 12.5 Å². The Morgan fingerprint density at radius 3 is 2.74 bits per heavy atom. The number of amides is 1. The Morgan fingerprint density at radius 2 is 2.00 bits per heavy atom. The molecule has 2 unspecified atom stereocenters. The lowest BCUT2D eigenvalue weighted by Crippen LogP contribution is -2.51. The van der Waals surface area contributed by atoms with Gasteiger partial charge in [0.15, 0.2) is 0 Å². The Morgan fingerprint density at radius 1 is 1.26 bits per heavy atom. The third-order valence-corrected chi connectivity index (χ3v) is 7.30. The van der Waals surface area contributed by atoms with E-state index in [1.165, 1.54) is 5.57 Å². The number of nitrogens with one attached hydrogen (secondary N) is 3. The minimum Gasteiger partial charge on any atom is -0.378 e. The molecule has 1 saturated heterocycles. The molecule has 0 radical (unpaired) electrons. The number of ether oxygens (including phenoxy) is 1. The molecule has 3 aliphatic heterocycles. The quantitative estimate of drug-likeness (QED) is 0.584. The van der Waals surface area contributed by atoms with Gasteiger partial charge in [0.05, 0.1) is 18.9 Å². The molecule has 1 fully saturated rings. The van der Waals surface area contributed by atoms with Crippen molar-refractivity contribution in [2.45, 2.75) is 32.9 Å². The van der Waals surface area contributed by atoms with Crippen LogP contribution in [0.2, 0.25) is 0 Å². The van der Waals surface area contributed by atoms with Gasteiger partial charge in [-0.2, -0.15) is 0 Å². The summed E-state index contributed by atoms with van der Waals surface area (Å²) in [5, 5.41) is 9.94. The Labute approximate surface area is 206 Å². The SMILES string of the molecule is CC1CC=CC=C1[C@@H](C)CNC(=O)c1ncc(C2=CNC3(C)NC=C(N4CCOCC4)C=C23)cn1. The number of hydrogen-bond donors (Lipinski definition) is 3. The zero-order valence-electron chi connectivity index (χ0n) is 20.7. The maximum atomic E-state index is 12.7. The van der Waals surface area contributed by atoms with Gasteiger partial charge in [0.1, 0.15) is 5.66 Å². The predicted octanol–water partition coefficient (Wildman–Crippen LogP) is 2.73. The number of dihydropyridines is 1. The van der Waals surface area contributed by atoms with Crippen molar-refractivity contribution >= 4 is 11.5 Å². The monoisotopic (exact) mass is 474 g/mol. The Kier molecular flexibility index (Phi) is 6.47. The van der Waals surface area contributed by atoms with Crippen LogP contribution in [0.25, 0.3) is 5.57 Å². The standard InChI is InChI=1S/C27H34N6O2/c1-18-6-4-5-7-22(18)19(2)13-30-26(34)25-28-14-20(15-29-25)23-17-32-27(3)24(23)12-21(16-31-27)33-8-10-35-11-9-33/h4-5,7,12,14-19,31-32H,6,8-11,13H2,1-3H3,(H,30,34)/t18?,19-,27?/m0/s1. The van der Waals surface area contributed by atoms with Crippen molar-refractivity contribution in [2.75, 3.05) is 32.8 Å². The summed E-state index contributed by atoms with van der Waals surface area (Å²) in [6.45, 7) is 10.3. The lowest BCUT2D eigenvalue weighted by atomic mass is 9.85. The van der Waals surface area contributed by atoms with Crippen molar-refractivity contribution in [3.8, 4) is 0 Å². The van der Waals surface area contributed by atoms with Gasteiger partial charge in [-0.25, -0.2) is 9.97 Å². The van der Waals surface area contributed by atoms with E-state index in [1.807, 2.05) is 6.20 Å². The van der Waals surface area contributed by atoms with Crippen LogP contribution in [-0.4, -0.2) is 59.3 Å². The Balaban J connectivity index is 1.25. The van der Waals surface area contributed by atoms with E-state index in [-0.39, 0.29) is 17.6 Å². The molecule has 1 aromatic heterocycles. The molecular weight excluding hydrogens is 440 g/mol. The highest BCUT2D eigenvalue weighted by Gasteiger charge is 2.37. The summed E-state index contributed by atoms with van der Waals surface area (Å²) in [4.78, 5) is 23.8. The van der Waals surface area contributed by atoms with Crippen LogP contribution in [0.3, 0.4) is 0 Å². The molecule has 1 amide bonds. The lowest BCUT2D eigenvalue weighted by molar-refractivity contribution is 0.0547. The van der Waals surface area contributed by atoms with Gasteiger partial charge >= 0.3 is 0 Å². The van der Waals surface area contributed by atoms with Gasteiger partial charge in [-0.1, -0.05) is 37.6 Å². The van der Waals surface area contributed by atoms with Crippen molar-refractivity contribution in [3.63, 3.8) is 0 Å². The average Bonchev–Trinajstić information content (AvgIpc) is 3.24. The molecule has 3 N–H and O–H groups in total. The number of morpholine rings is 1. The molecule has 0 bridgehead atoms. The van der Waals surface area contributed by atoms with E-state index in [2.05, 4.69) is 82.1 Å². The maximum Gasteiger partial charge on any atom is 0.289 e. The Hall–Kier alpha value is -3.39. The first-order valence-electron chi connectivity index (χ1n) is 12.4. The van der Waals surface area contributed by atoms with Crippen LogP contribution in [0.4, 0.5) is 0 Å². The number of aromatic nitrogens is 2. The number of carbonyl (C=O) groups excluding carboxylic acids is 1. The molecule has 184 valence electrons. The molecule has 4 aliphatic rings. The van der Waals surface area contributed by atoms with E-state index in [0.717, 1.165) is 55.1 Å². The molecule has 3 atom stereocenters. The smallest absolute Gasteiger partial charge is 0.289 e. The van der Waals surface area contributed by atoms with Crippen LogP contribution in [0.5, 0.6) is 0 Å². The fourth-order valence-electron chi connectivity index (χ4n) is 5.07. The van der Waals surface area contributed by atoms with Gasteiger partial charge in [-0.3, -0.25) is 4.79 Å². The van der Waals surface area contributed by atoms with Crippen molar-refractivity contribution in [2.24, 2.45) is 11.8 Å². The number of allylic oxidation sites excluding steroid dienone is 4. The van der Waals surface area contributed by atoms with Crippen molar-refractivity contribution in [1.82, 2.24) is 30.8 Å². The zero-order chi connectivity index (χ0) is 24.4. The summed E-state index contributed by atoms with van der Waals surface area (Å²) < 4.78 is 5.50. The van der Waals surface area contributed by atoms with Crippen LogP contribution >= 0.6 is 0 Å². The minimum atomic E-state index is -0.391. The summed E-state index contributed by atoms with van der Waals surface area (Å²) >= 11 is 0. The molecule has 0 spiro atoms. The molecule has 35 heavy (non-hydrogen) atoms. The lowest BCUT2D eigenvalue weighted by Gasteiger charge is -2.37. The van der Waals surface area contributed by atoms with Crippen LogP contribution < -0.4 is 16.0 Å². The van der Waals surface area contributed by atoms with Gasteiger partial charge < -0.3 is 25.6 Å². The predicted molar refractivity (Wildman–Crippen MR) is 136 cm³/mol. The second kappa shape index (κ2) is 9.70. The van der Waals surface area contributed by atoms with E-state index in [4.69, 9.17) is 4.74 Å². The fraction of sp³-hybridized carbons (Fsp3) is 0.444. The van der Waals surface area contributed by atoms with Gasteiger partial charge in [-0.05, 0) is 31.3 Å². The van der Waals surface area contributed by atoms with Crippen molar-refractivity contribution < 1.29 is 9.53 Å². The minimum absolute atomic E-state index is 0.186. The van der Waals surface area contributed by atoms with E-state index >= 15 is 0 Å². The molecule has 5 rings (SSSR count). The number of fused-ring (bicyclic) bond motifs is 1. The third kappa shape index (κ3) is 4.75. The van der Waals surface area contributed by atoms with Crippen LogP contribution in [0, 0.1) is 11.8 Å². The van der Waals surface area contributed by atoms with Gasteiger partial charge in [0.25, 0.3) is 5.91 Å². The highest BCUT2D eigenvalue weighted by atomic mass is 16.5. The molecule has 8 nitrogen and oxygen atoms in total. The molecule has 1 aromatic rings. The largest absolute Gasteiger partial charge is 0.378 e. The molecule has 1 aliphatic carbocycles. The maximum absolute atomic E-state index is 12.7. The van der Waals surface area contributed by atoms with Crippen molar-refractivity contribution in [3.05, 3.63) is 77.3 Å². The number of nitrogens with zero attached hydrogens (tertiary/aromatic N) is 3. The first-order chi connectivity index (χ1) is 16.9. The second-order valence-electron chi connectivity index (χ2n) is 9.84. The van der Waals surface area contributed by atoms with E-state index < -0.39 is 5.66 Å². The third-order valence-electron chi connectivity index (χ3n) is 7.30.